The molecule has 5 heteroatoms. The van der Waals surface area contributed by atoms with Crippen LogP contribution in [0.5, 0.6) is 5.75 Å². The molecule has 1 atom stereocenters. The van der Waals surface area contributed by atoms with Gasteiger partial charge in [0.2, 0.25) is 0 Å². The van der Waals surface area contributed by atoms with Crippen molar-refractivity contribution in [2.45, 2.75) is 38.6 Å². The van der Waals surface area contributed by atoms with Gasteiger partial charge in [-0.1, -0.05) is 0 Å². The molecular formula is C15H18BrNO3. The molecule has 1 N–H and O–H groups in total. The first-order chi connectivity index (χ1) is 9.49. The first-order valence-electron chi connectivity index (χ1n) is 6.78. The Balaban J connectivity index is 2.20. The summed E-state index contributed by atoms with van der Waals surface area (Å²) in [6, 6.07) is 4.80. The highest BCUT2D eigenvalue weighted by Crippen LogP contribution is 2.27. The monoisotopic (exact) mass is 339 g/mol. The molecule has 0 saturated carbocycles. The molecule has 0 spiro atoms. The normalized spacial score (nSPS) is 18.9. The number of ketones is 1. The van der Waals surface area contributed by atoms with E-state index in [1.165, 1.54) is 6.07 Å². The van der Waals surface area contributed by atoms with E-state index in [0.29, 0.717) is 23.0 Å². The Labute approximate surface area is 126 Å². The van der Waals surface area contributed by atoms with Gasteiger partial charge in [-0.3, -0.25) is 9.59 Å². The van der Waals surface area contributed by atoms with Crippen molar-refractivity contribution in [2.24, 2.45) is 0 Å². The van der Waals surface area contributed by atoms with Crippen molar-refractivity contribution in [2.75, 3.05) is 6.54 Å². The molecule has 1 heterocycles. The molecule has 0 radical (unpaired) electrons. The molecule has 4 nitrogen and oxygen atoms in total. The summed E-state index contributed by atoms with van der Waals surface area (Å²) in [5.41, 5.74) is 0.459. The van der Waals surface area contributed by atoms with Crippen LogP contribution >= 0.6 is 15.9 Å². The fraction of sp³-hybridized carbons (Fsp3) is 0.467. The molecule has 0 bridgehead atoms. The molecule has 1 amide bonds. The van der Waals surface area contributed by atoms with Crippen molar-refractivity contribution in [1.82, 2.24) is 4.90 Å². The largest absolute Gasteiger partial charge is 0.507 e. The van der Waals surface area contributed by atoms with Crippen LogP contribution in [0.2, 0.25) is 0 Å². The molecule has 2 rings (SSSR count). The molecule has 108 valence electrons. The van der Waals surface area contributed by atoms with Gasteiger partial charge in [0.1, 0.15) is 11.5 Å². The van der Waals surface area contributed by atoms with Crippen LogP contribution in [0.25, 0.3) is 0 Å². The maximum Gasteiger partial charge on any atom is 0.254 e. The van der Waals surface area contributed by atoms with Crippen molar-refractivity contribution in [3.63, 3.8) is 0 Å². The molecule has 1 aromatic rings. The number of rotatable bonds is 3. The summed E-state index contributed by atoms with van der Waals surface area (Å²) in [6.07, 6.45) is 3.29. The van der Waals surface area contributed by atoms with Crippen molar-refractivity contribution >= 4 is 27.6 Å². The van der Waals surface area contributed by atoms with Gasteiger partial charge in [0.05, 0.1) is 4.47 Å². The van der Waals surface area contributed by atoms with Crippen molar-refractivity contribution < 1.29 is 14.7 Å². The zero-order chi connectivity index (χ0) is 14.7. The van der Waals surface area contributed by atoms with Crippen LogP contribution in [0.1, 0.15) is 43.0 Å². The summed E-state index contributed by atoms with van der Waals surface area (Å²) in [7, 11) is 0. The van der Waals surface area contributed by atoms with Gasteiger partial charge in [0, 0.05) is 24.6 Å². The highest BCUT2D eigenvalue weighted by atomic mass is 79.9. The summed E-state index contributed by atoms with van der Waals surface area (Å²) in [6.45, 7) is 2.23. The Hall–Kier alpha value is -1.36. The molecule has 1 aliphatic rings. The van der Waals surface area contributed by atoms with Gasteiger partial charge in [-0.25, -0.2) is 0 Å². The smallest absolute Gasteiger partial charge is 0.254 e. The second kappa shape index (κ2) is 6.39. The molecule has 20 heavy (non-hydrogen) atoms. The molecule has 1 fully saturated rings. The van der Waals surface area contributed by atoms with E-state index in [1.807, 2.05) is 0 Å². The van der Waals surface area contributed by atoms with Crippen LogP contribution in [0.15, 0.2) is 22.7 Å². The van der Waals surface area contributed by atoms with Gasteiger partial charge in [0.25, 0.3) is 5.91 Å². The van der Waals surface area contributed by atoms with E-state index in [2.05, 4.69) is 15.9 Å². The maximum atomic E-state index is 12.5. The van der Waals surface area contributed by atoms with Crippen LogP contribution in [0.4, 0.5) is 0 Å². The number of hydrogen-bond acceptors (Lipinski definition) is 3. The third-order valence-corrected chi connectivity index (χ3v) is 4.27. The van der Waals surface area contributed by atoms with Crippen LogP contribution in [0.3, 0.4) is 0 Å². The highest BCUT2D eigenvalue weighted by molar-refractivity contribution is 9.10. The summed E-state index contributed by atoms with van der Waals surface area (Å²) in [5.74, 6) is 0.0445. The second-order valence-electron chi connectivity index (χ2n) is 5.22. The number of carbonyl (C=O) groups is 2. The summed E-state index contributed by atoms with van der Waals surface area (Å²) >= 11 is 3.20. The Bertz CT molecular complexity index is 530. The minimum Gasteiger partial charge on any atom is -0.507 e. The van der Waals surface area contributed by atoms with E-state index in [1.54, 1.807) is 24.0 Å². The molecule has 1 unspecified atom stereocenters. The number of piperidine rings is 1. The van der Waals surface area contributed by atoms with E-state index >= 15 is 0 Å². The number of halogens is 1. The SMILES string of the molecule is CC(=O)CC1CCCCN1C(=O)c1ccc(Br)c(O)c1. The van der Waals surface area contributed by atoms with E-state index < -0.39 is 0 Å². The van der Waals surface area contributed by atoms with Crippen molar-refractivity contribution in [3.05, 3.63) is 28.2 Å². The number of carbonyl (C=O) groups excluding carboxylic acids is 2. The van der Waals surface area contributed by atoms with Crippen LogP contribution in [-0.2, 0) is 4.79 Å². The Morgan fingerprint density at radius 1 is 1.40 bits per heavy atom. The standard InChI is InChI=1S/C15H18BrNO3/c1-10(18)8-12-4-2-3-7-17(12)15(20)11-5-6-13(16)14(19)9-11/h5-6,9,12,19H,2-4,7-8H2,1H3. The molecule has 0 aromatic heterocycles. The Morgan fingerprint density at radius 3 is 2.80 bits per heavy atom. The first kappa shape index (κ1) is 15.0. The maximum absolute atomic E-state index is 12.5. The fourth-order valence-corrected chi connectivity index (χ4v) is 2.87. The average molecular weight is 340 g/mol. The lowest BCUT2D eigenvalue weighted by Crippen LogP contribution is -2.44. The predicted octanol–water partition coefficient (Wildman–Crippen LogP) is 3.13. The van der Waals surface area contributed by atoms with Gasteiger partial charge in [0.15, 0.2) is 0 Å². The summed E-state index contributed by atoms with van der Waals surface area (Å²) in [5, 5.41) is 9.69. The van der Waals surface area contributed by atoms with Crippen molar-refractivity contribution in [3.8, 4) is 5.75 Å². The van der Waals surface area contributed by atoms with Crippen LogP contribution in [0, 0.1) is 0 Å². The molecule has 1 saturated heterocycles. The average Bonchev–Trinajstić information content (AvgIpc) is 2.41. The number of hydrogen-bond donors (Lipinski definition) is 1. The fourth-order valence-electron chi connectivity index (χ4n) is 2.62. The highest BCUT2D eigenvalue weighted by Gasteiger charge is 2.28. The molecular weight excluding hydrogens is 322 g/mol. The van der Waals surface area contributed by atoms with Gasteiger partial charge in [-0.15, -0.1) is 0 Å². The molecule has 1 aromatic carbocycles. The summed E-state index contributed by atoms with van der Waals surface area (Å²) < 4.78 is 0.563. The predicted molar refractivity (Wildman–Crippen MR) is 79.8 cm³/mol. The first-order valence-corrected chi connectivity index (χ1v) is 7.57. The van der Waals surface area contributed by atoms with E-state index in [9.17, 15) is 14.7 Å². The summed E-state index contributed by atoms with van der Waals surface area (Å²) in [4.78, 5) is 25.6. The van der Waals surface area contributed by atoms with Crippen molar-refractivity contribution in [1.29, 1.82) is 0 Å². The topological polar surface area (TPSA) is 57.6 Å². The number of aromatic hydroxyl groups is 1. The second-order valence-corrected chi connectivity index (χ2v) is 6.07. The number of benzene rings is 1. The minimum absolute atomic E-state index is 0.0143. The lowest BCUT2D eigenvalue weighted by Gasteiger charge is -2.35. The minimum atomic E-state index is -0.112. The van der Waals surface area contributed by atoms with E-state index in [-0.39, 0.29) is 23.5 Å². The zero-order valence-electron chi connectivity index (χ0n) is 11.4. The number of Topliss-reactive ketones (excluding diaryl/α,β-unsaturated/α-hetero) is 1. The van der Waals surface area contributed by atoms with Crippen LogP contribution in [-0.4, -0.2) is 34.3 Å². The lowest BCUT2D eigenvalue weighted by atomic mass is 9.97. The quantitative estimate of drug-likeness (QED) is 0.920. The van der Waals surface area contributed by atoms with Gasteiger partial charge >= 0.3 is 0 Å². The number of amides is 1. The molecule has 0 aliphatic carbocycles. The third-order valence-electron chi connectivity index (χ3n) is 3.60. The van der Waals surface area contributed by atoms with Crippen LogP contribution < -0.4 is 0 Å². The van der Waals surface area contributed by atoms with Gasteiger partial charge < -0.3 is 10.0 Å². The van der Waals surface area contributed by atoms with Gasteiger partial charge in [-0.2, -0.15) is 0 Å². The Kier molecular flexibility index (Phi) is 4.81. The molecule has 1 aliphatic heterocycles. The third kappa shape index (κ3) is 3.39. The van der Waals surface area contributed by atoms with Gasteiger partial charge in [-0.05, 0) is 60.3 Å². The number of likely N-dealkylation sites (tertiary alicyclic amines) is 1. The lowest BCUT2D eigenvalue weighted by molar-refractivity contribution is -0.118. The van der Waals surface area contributed by atoms with E-state index in [0.717, 1.165) is 19.3 Å². The Morgan fingerprint density at radius 2 is 2.15 bits per heavy atom. The van der Waals surface area contributed by atoms with E-state index in [4.69, 9.17) is 0 Å². The zero-order valence-corrected chi connectivity index (χ0v) is 13.0. The number of nitrogens with zero attached hydrogens (tertiary/aromatic N) is 1. The number of phenolic OH excluding ortho intramolecular Hbond substituents is 1. The number of phenols is 1.